The van der Waals surface area contributed by atoms with Gasteiger partial charge in [0.15, 0.2) is 0 Å². The van der Waals surface area contributed by atoms with E-state index in [-0.39, 0.29) is 11.5 Å². The Labute approximate surface area is 289 Å². The molecular weight excluding hydrogens is 607 g/mol. The van der Waals surface area contributed by atoms with E-state index >= 15 is 0 Å². The van der Waals surface area contributed by atoms with Crippen molar-refractivity contribution < 1.29 is 0 Å². The average molecular weight is 640 g/mol. The van der Waals surface area contributed by atoms with Crippen molar-refractivity contribution in [3.8, 4) is 0 Å². The highest BCUT2D eigenvalue weighted by molar-refractivity contribution is 6.24. The van der Waals surface area contributed by atoms with E-state index < -0.39 is 0 Å². The summed E-state index contributed by atoms with van der Waals surface area (Å²) >= 11 is 0. The number of aliphatic imine (C=N–C) groups is 1. The summed E-state index contributed by atoms with van der Waals surface area (Å²) in [5.41, 5.74) is 8.07. The van der Waals surface area contributed by atoms with Crippen molar-refractivity contribution in [2.45, 2.75) is 25.3 Å². The van der Waals surface area contributed by atoms with Crippen LogP contribution < -0.4 is 5.32 Å². The van der Waals surface area contributed by atoms with Crippen LogP contribution in [-0.2, 0) is 5.41 Å². The zero-order chi connectivity index (χ0) is 33.1. The van der Waals surface area contributed by atoms with Crippen LogP contribution in [0.4, 0.5) is 0 Å². The number of hydrogen-bond donors (Lipinski definition) is 1. The molecule has 0 bridgehead atoms. The predicted molar refractivity (Wildman–Crippen MR) is 211 cm³/mol. The van der Waals surface area contributed by atoms with Gasteiger partial charge >= 0.3 is 0 Å². The molecule has 1 aromatic heterocycles. The Bertz CT molecular complexity index is 2990. The molecule has 0 saturated carbocycles. The maximum atomic E-state index is 5.84. The molecule has 50 heavy (non-hydrogen) atoms. The highest BCUT2D eigenvalue weighted by Gasteiger charge is 2.43. The monoisotopic (exact) mass is 639 g/mol. The van der Waals surface area contributed by atoms with E-state index in [4.69, 9.17) is 4.99 Å². The summed E-state index contributed by atoms with van der Waals surface area (Å²) in [5.74, 6) is 0.996. The van der Waals surface area contributed by atoms with Gasteiger partial charge in [-0.05, 0) is 67.0 Å². The number of nitrogens with zero attached hydrogens (tertiary/aromatic N) is 2. The number of aromatic nitrogens is 1. The quantitative estimate of drug-likeness (QED) is 0.178. The Morgan fingerprint density at radius 1 is 0.540 bits per heavy atom. The third kappa shape index (κ3) is 3.72. The molecule has 1 N–H and O–H groups in total. The molecule has 1 atom stereocenters. The van der Waals surface area contributed by atoms with E-state index in [1.165, 1.54) is 81.6 Å². The van der Waals surface area contributed by atoms with E-state index in [0.717, 1.165) is 17.2 Å². The van der Waals surface area contributed by atoms with Crippen molar-refractivity contribution in [1.82, 2.24) is 9.88 Å². The van der Waals surface area contributed by atoms with Crippen molar-refractivity contribution in [3.63, 3.8) is 0 Å². The first-order chi connectivity index (χ1) is 24.5. The molecule has 0 saturated heterocycles. The van der Waals surface area contributed by atoms with Crippen LogP contribution in [0, 0.1) is 0 Å². The minimum Gasteiger partial charge on any atom is -0.370 e. The topological polar surface area (TPSA) is 29.3 Å². The van der Waals surface area contributed by atoms with Gasteiger partial charge in [0.05, 0.1) is 22.4 Å². The lowest BCUT2D eigenvalue weighted by molar-refractivity contribution is 0.619. The van der Waals surface area contributed by atoms with Crippen molar-refractivity contribution in [3.05, 3.63) is 174 Å². The van der Waals surface area contributed by atoms with Gasteiger partial charge in [-0.25, -0.2) is 4.99 Å². The van der Waals surface area contributed by atoms with Gasteiger partial charge in [-0.1, -0.05) is 147 Å². The second-order valence-corrected chi connectivity index (χ2v) is 14.4. The van der Waals surface area contributed by atoms with Crippen LogP contribution in [0.2, 0.25) is 0 Å². The fourth-order valence-corrected chi connectivity index (χ4v) is 8.86. The van der Waals surface area contributed by atoms with Gasteiger partial charge in [0.1, 0.15) is 11.9 Å². The van der Waals surface area contributed by atoms with E-state index in [1.54, 1.807) is 0 Å². The van der Waals surface area contributed by atoms with Gasteiger partial charge in [-0.3, -0.25) is 4.57 Å². The number of nitrogens with one attached hydrogen (secondary N) is 1. The molecule has 0 spiro atoms. The van der Waals surface area contributed by atoms with Crippen LogP contribution in [0.1, 0.15) is 36.6 Å². The fraction of sp³-hybridized carbons (Fsp3) is 0.0851. The number of rotatable bonds is 1. The molecular formula is C47H33N3. The molecule has 1 aliphatic carbocycles. The number of allylic oxidation sites excluding steroid dienone is 1. The Hall–Kier alpha value is -6.19. The van der Waals surface area contributed by atoms with Crippen molar-refractivity contribution in [2.75, 3.05) is 0 Å². The lowest BCUT2D eigenvalue weighted by Gasteiger charge is -2.32. The van der Waals surface area contributed by atoms with Gasteiger partial charge in [-0.2, -0.15) is 0 Å². The maximum Gasteiger partial charge on any atom is 0.141 e. The highest BCUT2D eigenvalue weighted by Crippen LogP contribution is 2.49. The van der Waals surface area contributed by atoms with Crippen LogP contribution >= 0.6 is 0 Å². The Balaban J connectivity index is 1.27. The standard InChI is InChI=1S/C47H33N3/c1-47(2)40-18-10-9-17-37(40)43-45(47)49-46(42(48-43)33-22-21-30-20-19-28-11-5-7-15-34(28)38(30)26-33)50-41-27-32-14-4-3-13-31(32)25-39(41)36-24-23-29-12-6-8-16-35(29)44(36)50/h3-27,42,48H,1-2H3. The van der Waals surface area contributed by atoms with Gasteiger partial charge in [0.25, 0.3) is 0 Å². The summed E-state index contributed by atoms with van der Waals surface area (Å²) in [6, 6.07) is 55.5. The second-order valence-electron chi connectivity index (χ2n) is 14.4. The summed E-state index contributed by atoms with van der Waals surface area (Å²) in [6.07, 6.45) is 0. The molecule has 0 fully saturated rings. The van der Waals surface area contributed by atoms with Crippen LogP contribution in [0.5, 0.6) is 0 Å². The van der Waals surface area contributed by atoms with Crippen molar-refractivity contribution >= 4 is 76.4 Å². The average Bonchev–Trinajstić information content (AvgIpc) is 3.60. The van der Waals surface area contributed by atoms with Gasteiger partial charge in [-0.15, -0.1) is 0 Å². The normalized spacial score (nSPS) is 16.8. The Morgan fingerprint density at radius 3 is 1.98 bits per heavy atom. The number of benzene rings is 8. The van der Waals surface area contributed by atoms with Gasteiger partial charge in [0, 0.05) is 27.1 Å². The number of fused-ring (bicyclic) bond motifs is 11. The Morgan fingerprint density at radius 2 is 1.16 bits per heavy atom. The third-order valence-electron chi connectivity index (χ3n) is 11.3. The van der Waals surface area contributed by atoms with Crippen LogP contribution in [0.25, 0.3) is 70.6 Å². The smallest absolute Gasteiger partial charge is 0.141 e. The molecule has 9 aromatic rings. The molecule has 3 heteroatoms. The predicted octanol–water partition coefficient (Wildman–Crippen LogP) is 11.7. The highest BCUT2D eigenvalue weighted by atomic mass is 15.2. The SMILES string of the molecule is CC1(C)C2=C(NC(c3ccc4ccc5ccccc5c4c3)C(n3c4cc5ccccc5cc4c4ccc5ccccc5c43)=N2)c2ccccc21. The number of hydrogen-bond acceptors (Lipinski definition) is 2. The molecule has 1 aliphatic heterocycles. The van der Waals surface area contributed by atoms with Crippen LogP contribution in [-0.4, -0.2) is 10.4 Å². The van der Waals surface area contributed by atoms with Crippen LogP contribution in [0.3, 0.4) is 0 Å². The molecule has 11 rings (SSSR count). The lowest BCUT2D eigenvalue weighted by Crippen LogP contribution is -2.36. The Kier molecular flexibility index (Phi) is 5.51. The molecule has 3 nitrogen and oxygen atoms in total. The van der Waals surface area contributed by atoms with E-state index in [0.29, 0.717) is 0 Å². The summed E-state index contributed by atoms with van der Waals surface area (Å²) in [6.45, 7) is 4.63. The van der Waals surface area contributed by atoms with Gasteiger partial charge in [0.2, 0.25) is 0 Å². The molecule has 2 heterocycles. The molecule has 0 radical (unpaired) electrons. The van der Waals surface area contributed by atoms with E-state index in [9.17, 15) is 0 Å². The van der Waals surface area contributed by atoms with E-state index in [2.05, 4.69) is 175 Å². The molecule has 0 amide bonds. The van der Waals surface area contributed by atoms with Gasteiger partial charge < -0.3 is 5.32 Å². The summed E-state index contributed by atoms with van der Waals surface area (Å²) in [7, 11) is 0. The fourth-order valence-electron chi connectivity index (χ4n) is 8.86. The maximum absolute atomic E-state index is 5.84. The molecule has 2 aliphatic rings. The van der Waals surface area contributed by atoms with E-state index in [1.807, 2.05) is 0 Å². The molecule has 1 unspecified atom stereocenters. The summed E-state index contributed by atoms with van der Waals surface area (Å²) in [5, 5.41) is 16.5. The summed E-state index contributed by atoms with van der Waals surface area (Å²) in [4.78, 5) is 5.84. The lowest BCUT2D eigenvalue weighted by atomic mass is 9.84. The zero-order valence-corrected chi connectivity index (χ0v) is 27.9. The molecule has 8 aromatic carbocycles. The largest absolute Gasteiger partial charge is 0.370 e. The first-order valence-corrected chi connectivity index (χ1v) is 17.5. The minimum absolute atomic E-state index is 0.205. The van der Waals surface area contributed by atoms with Crippen LogP contribution in [0.15, 0.2) is 162 Å². The first-order valence-electron chi connectivity index (χ1n) is 17.5. The first kappa shape index (κ1) is 27.7. The second kappa shape index (κ2) is 9.93. The molecule has 236 valence electrons. The zero-order valence-electron chi connectivity index (χ0n) is 27.9. The third-order valence-corrected chi connectivity index (χ3v) is 11.3. The summed E-state index contributed by atoms with van der Waals surface area (Å²) < 4.78 is 2.48. The van der Waals surface area contributed by atoms with Crippen molar-refractivity contribution in [2.24, 2.45) is 4.99 Å². The van der Waals surface area contributed by atoms with Crippen molar-refractivity contribution in [1.29, 1.82) is 0 Å². The minimum atomic E-state index is -0.262.